The summed E-state index contributed by atoms with van der Waals surface area (Å²) in [4.78, 5) is 21.1. The second-order valence-corrected chi connectivity index (χ2v) is 2.60. The normalized spacial score (nSPS) is 31.2. The molecule has 1 unspecified atom stereocenters. The Hall–Kier alpha value is -1.10. The molecular formula is C6H9NO4. The van der Waals surface area contributed by atoms with Gasteiger partial charge in [-0.15, -0.1) is 0 Å². The lowest BCUT2D eigenvalue weighted by Crippen LogP contribution is -2.55. The van der Waals surface area contributed by atoms with Crippen molar-refractivity contribution < 1.29 is 19.4 Å². The number of amides is 1. The SMILES string of the molecule is CC1(C(=O)O)CNC(=O)CO1. The lowest BCUT2D eigenvalue weighted by molar-refractivity contribution is -0.170. The molecule has 0 aromatic heterocycles. The summed E-state index contributed by atoms with van der Waals surface area (Å²) in [5, 5.41) is 11.0. The fourth-order valence-corrected chi connectivity index (χ4v) is 0.731. The third kappa shape index (κ3) is 1.48. The van der Waals surface area contributed by atoms with E-state index in [9.17, 15) is 9.59 Å². The molecule has 11 heavy (non-hydrogen) atoms. The van der Waals surface area contributed by atoms with Crippen LogP contribution in [0.1, 0.15) is 6.92 Å². The van der Waals surface area contributed by atoms with Crippen LogP contribution in [0.15, 0.2) is 0 Å². The van der Waals surface area contributed by atoms with E-state index in [4.69, 9.17) is 9.84 Å². The summed E-state index contributed by atoms with van der Waals surface area (Å²) in [6.45, 7) is 1.28. The van der Waals surface area contributed by atoms with E-state index in [1.165, 1.54) is 6.92 Å². The number of carboxylic acid groups (broad SMARTS) is 1. The number of aliphatic carboxylic acids is 1. The van der Waals surface area contributed by atoms with Crippen LogP contribution >= 0.6 is 0 Å². The number of morpholine rings is 1. The van der Waals surface area contributed by atoms with E-state index in [-0.39, 0.29) is 19.1 Å². The molecule has 0 aromatic carbocycles. The van der Waals surface area contributed by atoms with E-state index in [1.54, 1.807) is 0 Å². The maximum absolute atomic E-state index is 10.5. The van der Waals surface area contributed by atoms with Crippen molar-refractivity contribution in [2.24, 2.45) is 0 Å². The van der Waals surface area contributed by atoms with E-state index in [2.05, 4.69) is 5.32 Å². The van der Waals surface area contributed by atoms with Crippen molar-refractivity contribution in [3.05, 3.63) is 0 Å². The van der Waals surface area contributed by atoms with Gasteiger partial charge >= 0.3 is 5.97 Å². The molecule has 2 N–H and O–H groups in total. The van der Waals surface area contributed by atoms with Gasteiger partial charge in [-0.2, -0.15) is 0 Å². The lowest BCUT2D eigenvalue weighted by atomic mass is 10.1. The van der Waals surface area contributed by atoms with E-state index < -0.39 is 11.6 Å². The zero-order valence-corrected chi connectivity index (χ0v) is 6.09. The molecule has 0 aromatic rings. The summed E-state index contributed by atoms with van der Waals surface area (Å²) in [7, 11) is 0. The summed E-state index contributed by atoms with van der Waals surface area (Å²) >= 11 is 0. The Bertz CT molecular complexity index is 191. The summed E-state index contributed by atoms with van der Waals surface area (Å²) in [6.07, 6.45) is 0. The number of hydrogen-bond acceptors (Lipinski definition) is 3. The van der Waals surface area contributed by atoms with Crippen molar-refractivity contribution in [1.82, 2.24) is 5.32 Å². The highest BCUT2D eigenvalue weighted by Gasteiger charge is 2.38. The summed E-state index contributed by atoms with van der Waals surface area (Å²) in [5.41, 5.74) is -1.26. The molecular weight excluding hydrogens is 150 g/mol. The molecule has 1 aliphatic heterocycles. The Morgan fingerprint density at radius 3 is 2.82 bits per heavy atom. The lowest BCUT2D eigenvalue weighted by Gasteiger charge is -2.29. The Morgan fingerprint density at radius 2 is 2.45 bits per heavy atom. The van der Waals surface area contributed by atoms with Gasteiger partial charge in [0.15, 0.2) is 5.60 Å². The van der Waals surface area contributed by atoms with E-state index in [1.807, 2.05) is 0 Å². The van der Waals surface area contributed by atoms with Crippen LogP contribution in [-0.2, 0) is 14.3 Å². The molecule has 0 spiro atoms. The van der Waals surface area contributed by atoms with Crippen LogP contribution < -0.4 is 5.32 Å². The summed E-state index contributed by atoms with van der Waals surface area (Å²) in [6, 6.07) is 0. The Kier molecular flexibility index (Phi) is 1.82. The molecule has 0 bridgehead atoms. The molecule has 5 nitrogen and oxygen atoms in total. The first kappa shape index (κ1) is 8.00. The van der Waals surface area contributed by atoms with Crippen LogP contribution in [0, 0.1) is 0 Å². The Morgan fingerprint density at radius 1 is 1.82 bits per heavy atom. The topological polar surface area (TPSA) is 75.6 Å². The van der Waals surface area contributed by atoms with Crippen molar-refractivity contribution in [3.8, 4) is 0 Å². The number of carbonyl (C=O) groups excluding carboxylic acids is 1. The minimum atomic E-state index is -1.26. The average molecular weight is 159 g/mol. The molecule has 1 saturated heterocycles. The van der Waals surface area contributed by atoms with Gasteiger partial charge in [-0.05, 0) is 6.92 Å². The number of carboxylic acids is 1. The van der Waals surface area contributed by atoms with Gasteiger partial charge in [0, 0.05) is 0 Å². The first-order chi connectivity index (χ1) is 5.04. The third-order valence-corrected chi connectivity index (χ3v) is 1.60. The molecule has 1 rings (SSSR count). The van der Waals surface area contributed by atoms with Gasteiger partial charge in [0.2, 0.25) is 5.91 Å². The van der Waals surface area contributed by atoms with E-state index in [0.29, 0.717) is 0 Å². The van der Waals surface area contributed by atoms with Crippen LogP contribution in [-0.4, -0.2) is 35.7 Å². The van der Waals surface area contributed by atoms with Gasteiger partial charge in [-0.25, -0.2) is 4.79 Å². The van der Waals surface area contributed by atoms with Gasteiger partial charge in [0.1, 0.15) is 6.61 Å². The number of rotatable bonds is 1. The monoisotopic (exact) mass is 159 g/mol. The highest BCUT2D eigenvalue weighted by atomic mass is 16.5. The van der Waals surface area contributed by atoms with E-state index >= 15 is 0 Å². The largest absolute Gasteiger partial charge is 0.479 e. The average Bonchev–Trinajstić information content (AvgIpc) is 1.95. The van der Waals surface area contributed by atoms with Gasteiger partial charge < -0.3 is 15.2 Å². The maximum atomic E-state index is 10.5. The molecule has 0 radical (unpaired) electrons. The molecule has 0 saturated carbocycles. The maximum Gasteiger partial charge on any atom is 0.337 e. The van der Waals surface area contributed by atoms with Crippen LogP contribution in [0.3, 0.4) is 0 Å². The van der Waals surface area contributed by atoms with Gasteiger partial charge in [0.25, 0.3) is 0 Å². The predicted molar refractivity (Wildman–Crippen MR) is 35.0 cm³/mol. The van der Waals surface area contributed by atoms with Gasteiger partial charge in [-0.1, -0.05) is 0 Å². The fourth-order valence-electron chi connectivity index (χ4n) is 0.731. The van der Waals surface area contributed by atoms with Gasteiger partial charge in [-0.3, -0.25) is 4.79 Å². The summed E-state index contributed by atoms with van der Waals surface area (Å²) < 4.78 is 4.83. The smallest absolute Gasteiger partial charge is 0.337 e. The van der Waals surface area contributed by atoms with E-state index in [0.717, 1.165) is 0 Å². The number of nitrogens with one attached hydrogen (secondary N) is 1. The molecule has 1 aliphatic rings. The number of hydrogen-bond donors (Lipinski definition) is 2. The zero-order chi connectivity index (χ0) is 8.48. The van der Waals surface area contributed by atoms with Crippen molar-refractivity contribution in [3.63, 3.8) is 0 Å². The quantitative estimate of drug-likeness (QED) is 0.513. The predicted octanol–water partition coefficient (Wildman–Crippen LogP) is -1.02. The second kappa shape index (κ2) is 2.50. The van der Waals surface area contributed by atoms with Gasteiger partial charge in [0.05, 0.1) is 6.54 Å². The Balaban J connectivity index is 2.62. The molecule has 1 heterocycles. The standard InChI is InChI=1S/C6H9NO4/c1-6(5(9)10)3-7-4(8)2-11-6/h2-3H2,1H3,(H,7,8)(H,9,10). The number of carbonyl (C=O) groups is 2. The third-order valence-electron chi connectivity index (χ3n) is 1.60. The fraction of sp³-hybridized carbons (Fsp3) is 0.667. The Labute approximate surface area is 63.3 Å². The highest BCUT2D eigenvalue weighted by Crippen LogP contribution is 2.12. The van der Waals surface area contributed by atoms with Crippen LogP contribution in [0.2, 0.25) is 0 Å². The molecule has 1 amide bonds. The van der Waals surface area contributed by atoms with Crippen LogP contribution in [0.25, 0.3) is 0 Å². The van der Waals surface area contributed by atoms with Crippen LogP contribution in [0.5, 0.6) is 0 Å². The highest BCUT2D eigenvalue weighted by molar-refractivity contribution is 5.83. The van der Waals surface area contributed by atoms with Crippen molar-refractivity contribution in [2.75, 3.05) is 13.2 Å². The number of ether oxygens (including phenoxy) is 1. The van der Waals surface area contributed by atoms with Crippen molar-refractivity contribution >= 4 is 11.9 Å². The first-order valence-electron chi connectivity index (χ1n) is 3.19. The molecule has 62 valence electrons. The molecule has 5 heteroatoms. The van der Waals surface area contributed by atoms with Crippen molar-refractivity contribution in [1.29, 1.82) is 0 Å². The zero-order valence-electron chi connectivity index (χ0n) is 6.09. The van der Waals surface area contributed by atoms with Crippen molar-refractivity contribution in [2.45, 2.75) is 12.5 Å². The minimum Gasteiger partial charge on any atom is -0.479 e. The molecule has 1 atom stereocenters. The molecule has 1 fully saturated rings. The second-order valence-electron chi connectivity index (χ2n) is 2.60. The minimum absolute atomic E-state index is 0.0289. The summed E-state index contributed by atoms with van der Waals surface area (Å²) in [5.74, 6) is -1.33. The molecule has 0 aliphatic carbocycles. The van der Waals surface area contributed by atoms with Crippen LogP contribution in [0.4, 0.5) is 0 Å². The first-order valence-corrected chi connectivity index (χ1v) is 3.19.